The summed E-state index contributed by atoms with van der Waals surface area (Å²) in [7, 11) is 4.08. The van der Waals surface area contributed by atoms with Crippen LogP contribution < -0.4 is 15.5 Å². The first-order valence-electron chi connectivity index (χ1n) is 16.6. The Morgan fingerprint density at radius 1 is 0.857 bits per heavy atom. The second-order valence-corrected chi connectivity index (χ2v) is 12.8. The third-order valence-corrected chi connectivity index (χ3v) is 9.28. The van der Waals surface area contributed by atoms with Crippen LogP contribution in [0.1, 0.15) is 28.2 Å². The van der Waals surface area contributed by atoms with Gasteiger partial charge in [0, 0.05) is 65.7 Å². The first-order valence-corrected chi connectivity index (χ1v) is 16.6. The van der Waals surface area contributed by atoms with E-state index in [1.54, 1.807) is 24.3 Å². The summed E-state index contributed by atoms with van der Waals surface area (Å²) in [4.78, 5) is 42.1. The van der Waals surface area contributed by atoms with E-state index >= 15 is 0 Å². The summed E-state index contributed by atoms with van der Waals surface area (Å²) in [5, 5.41) is 10.8. The molecule has 1 atom stereocenters. The van der Waals surface area contributed by atoms with E-state index < -0.39 is 0 Å². The molecule has 0 saturated carbocycles. The van der Waals surface area contributed by atoms with Crippen molar-refractivity contribution in [2.45, 2.75) is 26.3 Å². The fraction of sp³-hybridized carbons (Fsp3) is 0.324. The summed E-state index contributed by atoms with van der Waals surface area (Å²) in [5.41, 5.74) is 6.23. The number of morpholine rings is 1. The molecule has 0 radical (unpaired) electrons. The number of hydrogen-bond acceptors (Lipinski definition) is 9. The van der Waals surface area contributed by atoms with E-state index in [4.69, 9.17) is 19.2 Å². The highest BCUT2D eigenvalue weighted by Gasteiger charge is 2.28. The van der Waals surface area contributed by atoms with E-state index in [1.165, 1.54) is 0 Å². The van der Waals surface area contributed by atoms with E-state index in [9.17, 15) is 9.59 Å². The third-order valence-electron chi connectivity index (χ3n) is 9.28. The maximum atomic E-state index is 13.0. The molecule has 12 heteroatoms. The number of likely N-dealkylation sites (tertiary alicyclic amines) is 1. The highest BCUT2D eigenvalue weighted by atomic mass is 16.5. The van der Waals surface area contributed by atoms with Gasteiger partial charge in [-0.3, -0.25) is 4.79 Å². The quantitative estimate of drug-likeness (QED) is 0.222. The SMILES string of the molecule is Cc1noc(C)c1-c1ccc2c(N3CCOCC3)nc(-c3ccc(NC(=O)Nc4ccc(C(=O)N5CCC(N(C)C)C5)cc4)cc3)nc2c1. The maximum absolute atomic E-state index is 13.0. The molecular weight excluding hydrogens is 620 g/mol. The van der Waals surface area contributed by atoms with Gasteiger partial charge in [-0.25, -0.2) is 14.8 Å². The highest BCUT2D eigenvalue weighted by Crippen LogP contribution is 2.34. The molecule has 5 aromatic rings. The van der Waals surface area contributed by atoms with Crippen LogP contribution in [0.3, 0.4) is 0 Å². The Balaban J connectivity index is 1.06. The fourth-order valence-corrected chi connectivity index (χ4v) is 6.53. The van der Waals surface area contributed by atoms with E-state index in [0.717, 1.165) is 77.5 Å². The van der Waals surface area contributed by atoms with Gasteiger partial charge in [-0.1, -0.05) is 11.2 Å². The molecule has 2 aromatic heterocycles. The van der Waals surface area contributed by atoms with Crippen LogP contribution in [-0.4, -0.2) is 96.4 Å². The lowest BCUT2D eigenvalue weighted by Crippen LogP contribution is -2.37. The Hall–Kier alpha value is -5.33. The molecule has 0 aliphatic carbocycles. The van der Waals surface area contributed by atoms with Gasteiger partial charge in [-0.05, 0) is 101 Å². The van der Waals surface area contributed by atoms with Gasteiger partial charge in [0.1, 0.15) is 11.6 Å². The van der Waals surface area contributed by atoms with Crippen molar-refractivity contribution in [3.63, 3.8) is 0 Å². The van der Waals surface area contributed by atoms with Gasteiger partial charge in [-0.15, -0.1) is 0 Å². The molecule has 2 aliphatic rings. The Morgan fingerprint density at radius 3 is 2.16 bits per heavy atom. The lowest BCUT2D eigenvalue weighted by atomic mass is 10.0. The topological polar surface area (TPSA) is 129 Å². The Morgan fingerprint density at radius 2 is 1.53 bits per heavy atom. The number of aromatic nitrogens is 3. The number of hydrogen-bond donors (Lipinski definition) is 2. The Bertz CT molecular complexity index is 1970. The Labute approximate surface area is 285 Å². The second kappa shape index (κ2) is 13.7. The molecule has 252 valence electrons. The minimum Gasteiger partial charge on any atom is -0.378 e. The first-order chi connectivity index (χ1) is 23.7. The molecule has 2 aliphatic heterocycles. The largest absolute Gasteiger partial charge is 0.378 e. The average Bonchev–Trinajstić information content (AvgIpc) is 3.75. The first kappa shape index (κ1) is 32.2. The van der Waals surface area contributed by atoms with Crippen molar-refractivity contribution in [3.8, 4) is 22.5 Å². The van der Waals surface area contributed by atoms with Crippen molar-refractivity contribution in [1.29, 1.82) is 0 Å². The van der Waals surface area contributed by atoms with Crippen LogP contribution in [0.25, 0.3) is 33.4 Å². The number of amides is 3. The predicted molar refractivity (Wildman–Crippen MR) is 190 cm³/mol. The highest BCUT2D eigenvalue weighted by molar-refractivity contribution is 6.01. The maximum Gasteiger partial charge on any atom is 0.323 e. The number of anilines is 3. The van der Waals surface area contributed by atoms with Crippen molar-refractivity contribution in [3.05, 3.63) is 83.7 Å². The number of aryl methyl sites for hydroxylation is 2. The summed E-state index contributed by atoms with van der Waals surface area (Å²) < 4.78 is 11.0. The lowest BCUT2D eigenvalue weighted by Gasteiger charge is -2.29. The molecule has 3 aromatic carbocycles. The third kappa shape index (κ3) is 6.83. The van der Waals surface area contributed by atoms with E-state index in [0.29, 0.717) is 42.0 Å². The van der Waals surface area contributed by atoms with Gasteiger partial charge in [0.2, 0.25) is 0 Å². The van der Waals surface area contributed by atoms with Gasteiger partial charge in [0.25, 0.3) is 5.91 Å². The van der Waals surface area contributed by atoms with Crippen molar-refractivity contribution in [2.75, 3.05) is 69.0 Å². The molecule has 2 N–H and O–H groups in total. The van der Waals surface area contributed by atoms with Gasteiger partial charge in [0.15, 0.2) is 5.82 Å². The molecule has 1 unspecified atom stereocenters. The van der Waals surface area contributed by atoms with Crippen molar-refractivity contribution in [2.24, 2.45) is 0 Å². The summed E-state index contributed by atoms with van der Waals surface area (Å²) >= 11 is 0. The lowest BCUT2D eigenvalue weighted by molar-refractivity contribution is 0.0783. The number of urea groups is 1. The molecule has 3 amide bonds. The van der Waals surface area contributed by atoms with Gasteiger partial charge in [-0.2, -0.15) is 0 Å². The van der Waals surface area contributed by atoms with Crippen molar-refractivity contribution < 1.29 is 18.8 Å². The summed E-state index contributed by atoms with van der Waals surface area (Å²) in [5.74, 6) is 2.21. The fourth-order valence-electron chi connectivity index (χ4n) is 6.53. The summed E-state index contributed by atoms with van der Waals surface area (Å²) in [6, 6.07) is 20.6. The van der Waals surface area contributed by atoms with E-state index in [2.05, 4.69) is 43.8 Å². The minimum atomic E-state index is -0.386. The van der Waals surface area contributed by atoms with Crippen molar-refractivity contribution in [1.82, 2.24) is 24.9 Å². The van der Waals surface area contributed by atoms with Gasteiger partial charge < -0.3 is 34.6 Å². The van der Waals surface area contributed by atoms with Crippen LogP contribution in [-0.2, 0) is 4.74 Å². The van der Waals surface area contributed by atoms with Crippen LogP contribution in [0.4, 0.5) is 22.0 Å². The van der Waals surface area contributed by atoms with Crippen LogP contribution in [0.2, 0.25) is 0 Å². The van der Waals surface area contributed by atoms with Crippen LogP contribution >= 0.6 is 0 Å². The summed E-state index contributed by atoms with van der Waals surface area (Å²) in [6.07, 6.45) is 0.968. The van der Waals surface area contributed by atoms with Gasteiger partial charge >= 0.3 is 6.03 Å². The molecule has 2 saturated heterocycles. The normalized spacial score (nSPS) is 16.4. The molecule has 12 nitrogen and oxygen atoms in total. The number of likely N-dealkylation sites (N-methyl/N-ethyl adjacent to an activating group) is 1. The number of ether oxygens (including phenoxy) is 1. The predicted octanol–water partition coefficient (Wildman–Crippen LogP) is 5.83. The molecule has 2 fully saturated rings. The molecular formula is C37H40N8O4. The second-order valence-electron chi connectivity index (χ2n) is 12.8. The zero-order valence-corrected chi connectivity index (χ0v) is 28.2. The number of carbonyl (C=O) groups excluding carboxylic acids is 2. The van der Waals surface area contributed by atoms with E-state index in [1.807, 2.05) is 57.1 Å². The number of benzene rings is 3. The number of nitrogens with one attached hydrogen (secondary N) is 2. The number of nitrogens with zero attached hydrogens (tertiary/aromatic N) is 6. The monoisotopic (exact) mass is 660 g/mol. The Kier molecular flexibility index (Phi) is 8.98. The molecule has 0 bridgehead atoms. The zero-order valence-electron chi connectivity index (χ0n) is 28.2. The van der Waals surface area contributed by atoms with E-state index in [-0.39, 0.29) is 11.9 Å². The zero-order chi connectivity index (χ0) is 34.1. The number of carbonyl (C=O) groups is 2. The molecule has 4 heterocycles. The molecule has 7 rings (SSSR count). The average molecular weight is 661 g/mol. The van der Waals surface area contributed by atoms with Crippen molar-refractivity contribution >= 4 is 40.0 Å². The standard InChI is InChI=1S/C37H40N8O4/c1-23-33(24(2)49-42-23)27-9-14-31-32(21-27)40-34(41-35(31)44-17-19-48-20-18-44)25-5-10-28(11-6-25)38-37(47)39-29-12-7-26(8-13-29)36(46)45-16-15-30(22-45)43(3)4/h5-14,21,30H,15-20,22H2,1-4H3,(H2,38,39,47). The molecule has 49 heavy (non-hydrogen) atoms. The molecule has 0 spiro atoms. The number of fused-ring (bicyclic) bond motifs is 1. The minimum absolute atomic E-state index is 0.00814. The van der Waals surface area contributed by atoms with Crippen LogP contribution in [0.15, 0.2) is 71.3 Å². The van der Waals surface area contributed by atoms with Crippen LogP contribution in [0, 0.1) is 13.8 Å². The van der Waals surface area contributed by atoms with Gasteiger partial charge in [0.05, 0.1) is 24.4 Å². The summed E-state index contributed by atoms with van der Waals surface area (Å²) in [6.45, 7) is 8.07. The smallest absolute Gasteiger partial charge is 0.323 e. The number of rotatable bonds is 7. The van der Waals surface area contributed by atoms with Crippen LogP contribution in [0.5, 0.6) is 0 Å².